The maximum absolute atomic E-state index is 5.15. The smallest absolute Gasteiger partial charge is 0.0996 e. The van der Waals surface area contributed by atoms with Crippen molar-refractivity contribution in [2.75, 3.05) is 4.90 Å². The number of aromatic nitrogens is 4. The third-order valence-corrected chi connectivity index (χ3v) is 9.53. The summed E-state index contributed by atoms with van der Waals surface area (Å²) in [6.07, 6.45) is 3.61. The first-order valence-electron chi connectivity index (χ1n) is 15.1. The number of anilines is 3. The number of hydrogen-bond donors (Lipinski definition) is 0. The van der Waals surface area contributed by atoms with Crippen molar-refractivity contribution in [3.63, 3.8) is 0 Å². The Morgan fingerprint density at radius 2 is 0.935 bits per heavy atom. The summed E-state index contributed by atoms with van der Waals surface area (Å²) in [5.41, 5.74) is 10.8. The molecule has 0 aliphatic rings. The minimum Gasteiger partial charge on any atom is -0.311 e. The van der Waals surface area contributed by atoms with Gasteiger partial charge in [-0.2, -0.15) is 0 Å². The van der Waals surface area contributed by atoms with Crippen molar-refractivity contribution in [3.8, 4) is 20.9 Å². The van der Waals surface area contributed by atoms with Gasteiger partial charge in [-0.15, -0.1) is 11.3 Å². The van der Waals surface area contributed by atoms with Crippen molar-refractivity contribution in [1.82, 2.24) is 19.9 Å². The van der Waals surface area contributed by atoms with Gasteiger partial charge in [0.2, 0.25) is 0 Å². The Hall–Kier alpha value is -5.98. The first-order chi connectivity index (χ1) is 22.8. The quantitative estimate of drug-likeness (QED) is 0.144. The van der Waals surface area contributed by atoms with Crippen molar-refractivity contribution in [3.05, 3.63) is 152 Å². The minimum absolute atomic E-state index is 0.847. The second-order valence-corrected chi connectivity index (χ2v) is 12.2. The number of para-hydroxylation sites is 2. The van der Waals surface area contributed by atoms with E-state index >= 15 is 0 Å². The van der Waals surface area contributed by atoms with Crippen LogP contribution in [-0.4, -0.2) is 19.9 Å². The Morgan fingerprint density at radius 3 is 1.54 bits per heavy atom. The molecule has 9 rings (SSSR count). The number of hydrogen-bond acceptors (Lipinski definition) is 6. The van der Waals surface area contributed by atoms with Crippen LogP contribution >= 0.6 is 11.3 Å². The summed E-state index contributed by atoms with van der Waals surface area (Å²) in [6, 6.07) is 48.5. The first kappa shape index (κ1) is 26.4. The molecule has 0 aliphatic carbocycles. The van der Waals surface area contributed by atoms with Crippen molar-refractivity contribution >= 4 is 72.3 Å². The molecule has 0 saturated carbocycles. The molecule has 46 heavy (non-hydrogen) atoms. The van der Waals surface area contributed by atoms with Crippen LogP contribution in [0.15, 0.2) is 152 Å². The van der Waals surface area contributed by atoms with Crippen LogP contribution in [0.4, 0.5) is 17.1 Å². The number of fused-ring (bicyclic) bond motifs is 7. The molecular formula is C40H25N5S. The van der Waals surface area contributed by atoms with Crippen LogP contribution < -0.4 is 4.90 Å². The van der Waals surface area contributed by atoms with Gasteiger partial charge in [0.1, 0.15) is 0 Å². The summed E-state index contributed by atoms with van der Waals surface area (Å²) < 4.78 is 0. The highest BCUT2D eigenvalue weighted by Gasteiger charge is 2.15. The topological polar surface area (TPSA) is 54.8 Å². The van der Waals surface area contributed by atoms with Crippen LogP contribution in [0.25, 0.3) is 64.8 Å². The first-order valence-corrected chi connectivity index (χ1v) is 16.0. The van der Waals surface area contributed by atoms with Crippen molar-refractivity contribution in [2.45, 2.75) is 0 Å². The van der Waals surface area contributed by atoms with Gasteiger partial charge in [0.25, 0.3) is 0 Å². The molecule has 4 aromatic heterocycles. The molecule has 0 radical (unpaired) electrons. The largest absolute Gasteiger partial charge is 0.311 e. The van der Waals surface area contributed by atoms with E-state index in [9.17, 15) is 0 Å². The standard InChI is InChI=1S/C40H25N5S/c1-3-9-28(10-4-1)45(29-11-5-2-6-12-29)30-18-15-26(16-19-30)35-21-22-36(46-35)27-17-20-33-34(25-27)44-40-32-14-8-24-42-38(32)37-31(39(40)43-33)13-7-23-41-37/h1-25H. The summed E-state index contributed by atoms with van der Waals surface area (Å²) in [7, 11) is 0. The lowest BCUT2D eigenvalue weighted by molar-refractivity contribution is 1.28. The number of thiophene rings is 1. The molecule has 5 aromatic carbocycles. The number of rotatable bonds is 5. The van der Waals surface area contributed by atoms with Crippen LogP contribution in [0.3, 0.4) is 0 Å². The Kier molecular flexibility index (Phi) is 6.25. The lowest BCUT2D eigenvalue weighted by Gasteiger charge is -2.25. The molecule has 0 amide bonds. The van der Waals surface area contributed by atoms with E-state index in [0.717, 1.165) is 66.5 Å². The Bertz CT molecular complexity index is 2490. The summed E-state index contributed by atoms with van der Waals surface area (Å²) in [5.74, 6) is 0. The van der Waals surface area contributed by atoms with Crippen molar-refractivity contribution in [1.29, 1.82) is 0 Å². The molecule has 216 valence electrons. The highest BCUT2D eigenvalue weighted by atomic mass is 32.1. The molecule has 0 fully saturated rings. The lowest BCUT2D eigenvalue weighted by Crippen LogP contribution is -2.09. The highest BCUT2D eigenvalue weighted by Crippen LogP contribution is 2.39. The molecule has 0 spiro atoms. The minimum atomic E-state index is 0.847. The zero-order valence-corrected chi connectivity index (χ0v) is 25.4. The molecule has 0 unspecified atom stereocenters. The molecule has 9 aromatic rings. The Morgan fingerprint density at radius 1 is 0.413 bits per heavy atom. The molecule has 6 heteroatoms. The summed E-state index contributed by atoms with van der Waals surface area (Å²) in [4.78, 5) is 24.2. The van der Waals surface area contributed by atoms with Gasteiger partial charge in [0.15, 0.2) is 0 Å². The van der Waals surface area contributed by atoms with E-state index in [-0.39, 0.29) is 0 Å². The summed E-state index contributed by atoms with van der Waals surface area (Å²) in [6.45, 7) is 0. The maximum Gasteiger partial charge on any atom is 0.0996 e. The zero-order chi connectivity index (χ0) is 30.5. The van der Waals surface area contributed by atoms with Crippen LogP contribution in [0.1, 0.15) is 0 Å². The van der Waals surface area contributed by atoms with E-state index in [1.165, 1.54) is 15.3 Å². The fourth-order valence-electron chi connectivity index (χ4n) is 6.18. The second-order valence-electron chi connectivity index (χ2n) is 11.1. The van der Waals surface area contributed by atoms with E-state index in [1.54, 1.807) is 23.7 Å². The third-order valence-electron chi connectivity index (χ3n) is 8.34. The van der Waals surface area contributed by atoms with Gasteiger partial charge in [0, 0.05) is 50.0 Å². The van der Waals surface area contributed by atoms with Gasteiger partial charge in [-0.25, -0.2) is 9.97 Å². The lowest BCUT2D eigenvalue weighted by atomic mass is 10.1. The molecule has 0 N–H and O–H groups in total. The molecule has 0 saturated heterocycles. The van der Waals surface area contributed by atoms with E-state index in [1.807, 2.05) is 30.3 Å². The van der Waals surface area contributed by atoms with Gasteiger partial charge in [0.05, 0.1) is 33.1 Å². The van der Waals surface area contributed by atoms with Crippen LogP contribution in [0.2, 0.25) is 0 Å². The van der Waals surface area contributed by atoms with E-state index in [4.69, 9.17) is 9.97 Å². The van der Waals surface area contributed by atoms with Crippen LogP contribution in [-0.2, 0) is 0 Å². The van der Waals surface area contributed by atoms with Crippen molar-refractivity contribution < 1.29 is 0 Å². The van der Waals surface area contributed by atoms with E-state index < -0.39 is 0 Å². The second kappa shape index (κ2) is 10.9. The van der Waals surface area contributed by atoms with E-state index in [2.05, 4.69) is 124 Å². The van der Waals surface area contributed by atoms with Crippen LogP contribution in [0.5, 0.6) is 0 Å². The predicted molar refractivity (Wildman–Crippen MR) is 191 cm³/mol. The molecule has 0 atom stereocenters. The SMILES string of the molecule is c1ccc(N(c2ccccc2)c2ccc(-c3ccc(-c4ccc5nc6c7cccnc7c7ncccc7c6nc5c4)s3)cc2)cc1. The molecular weight excluding hydrogens is 583 g/mol. The van der Waals surface area contributed by atoms with Gasteiger partial charge < -0.3 is 4.90 Å². The number of benzene rings is 5. The van der Waals surface area contributed by atoms with Gasteiger partial charge in [-0.3, -0.25) is 9.97 Å². The normalized spacial score (nSPS) is 11.5. The fourth-order valence-corrected chi connectivity index (χ4v) is 7.19. The van der Waals surface area contributed by atoms with Gasteiger partial charge in [-0.1, -0.05) is 54.6 Å². The van der Waals surface area contributed by atoms with Gasteiger partial charge in [-0.05, 0) is 96.1 Å². The number of nitrogens with zero attached hydrogens (tertiary/aromatic N) is 5. The van der Waals surface area contributed by atoms with Crippen molar-refractivity contribution in [2.24, 2.45) is 0 Å². The highest BCUT2D eigenvalue weighted by molar-refractivity contribution is 7.18. The molecule has 5 nitrogen and oxygen atoms in total. The monoisotopic (exact) mass is 607 g/mol. The Balaban J connectivity index is 1.08. The number of pyridine rings is 2. The molecule has 0 bridgehead atoms. The maximum atomic E-state index is 5.15. The third kappa shape index (κ3) is 4.47. The average Bonchev–Trinajstić information content (AvgIpc) is 3.63. The van der Waals surface area contributed by atoms with Gasteiger partial charge >= 0.3 is 0 Å². The summed E-state index contributed by atoms with van der Waals surface area (Å²) in [5, 5.41) is 1.93. The molecule has 4 heterocycles. The van der Waals surface area contributed by atoms with Crippen LogP contribution in [0, 0.1) is 0 Å². The predicted octanol–water partition coefficient (Wildman–Crippen LogP) is 10.7. The molecule has 0 aliphatic heterocycles. The summed E-state index contributed by atoms with van der Waals surface area (Å²) >= 11 is 1.78. The fraction of sp³-hybridized carbons (Fsp3) is 0. The Labute approximate surface area is 269 Å². The average molecular weight is 608 g/mol. The van der Waals surface area contributed by atoms with E-state index in [0.29, 0.717) is 0 Å². The zero-order valence-electron chi connectivity index (χ0n) is 24.6.